The maximum absolute atomic E-state index is 11.8. The van der Waals surface area contributed by atoms with Crippen molar-refractivity contribution in [3.8, 4) is 22.8 Å². The van der Waals surface area contributed by atoms with Gasteiger partial charge in [-0.05, 0) is 43.0 Å². The fourth-order valence-electron chi connectivity index (χ4n) is 2.90. The van der Waals surface area contributed by atoms with Gasteiger partial charge in [0.05, 0.1) is 17.6 Å². The van der Waals surface area contributed by atoms with Crippen LogP contribution in [0.2, 0.25) is 0 Å². The molecule has 0 atom stereocenters. The lowest BCUT2D eigenvalue weighted by atomic mass is 10.1. The van der Waals surface area contributed by atoms with Crippen LogP contribution in [0.15, 0.2) is 39.6 Å². The number of amides is 1. The number of phenolic OH excluding ortho intramolecular Hbond substituents is 1. The maximum atomic E-state index is 11.8. The van der Waals surface area contributed by atoms with Gasteiger partial charge in [-0.2, -0.15) is 0 Å². The molecule has 3 aromatic rings. The van der Waals surface area contributed by atoms with E-state index < -0.39 is 0 Å². The van der Waals surface area contributed by atoms with Crippen LogP contribution >= 0.6 is 11.8 Å². The lowest BCUT2D eigenvalue weighted by Gasteiger charge is -2.09. The van der Waals surface area contributed by atoms with Gasteiger partial charge >= 0.3 is 0 Å². The van der Waals surface area contributed by atoms with Crippen molar-refractivity contribution in [2.24, 2.45) is 0 Å². The molecule has 0 unspecified atom stereocenters. The Hall–Kier alpha value is -2.60. The maximum Gasteiger partial charge on any atom is 0.224 e. The number of hydrogen-bond donors (Lipinski definition) is 2. The third kappa shape index (κ3) is 3.12. The summed E-state index contributed by atoms with van der Waals surface area (Å²) in [5, 5.41) is 14.3. The van der Waals surface area contributed by atoms with Gasteiger partial charge < -0.3 is 19.6 Å². The number of carbonyl (C=O) groups is 1. The van der Waals surface area contributed by atoms with Crippen LogP contribution in [-0.2, 0) is 4.79 Å². The molecular weight excluding hydrogens is 350 g/mol. The lowest BCUT2D eigenvalue weighted by molar-refractivity contribution is -0.115. The lowest BCUT2D eigenvalue weighted by Crippen LogP contribution is -2.10. The van der Waals surface area contributed by atoms with Crippen LogP contribution in [0.25, 0.3) is 22.3 Å². The second-order valence-electron chi connectivity index (χ2n) is 5.86. The van der Waals surface area contributed by atoms with E-state index in [1.807, 2.05) is 32.2 Å². The van der Waals surface area contributed by atoms with Crippen LogP contribution in [0.4, 0.5) is 5.69 Å². The van der Waals surface area contributed by atoms with E-state index in [1.165, 1.54) is 0 Å². The molecule has 0 spiro atoms. The Kier molecular flexibility index (Phi) is 5.13. The summed E-state index contributed by atoms with van der Waals surface area (Å²) in [6.45, 7) is 3.78. The number of ether oxygens (including phenoxy) is 1. The molecule has 6 heteroatoms. The van der Waals surface area contributed by atoms with Crippen LogP contribution in [0.3, 0.4) is 0 Å². The number of methoxy groups -OCH3 is 1. The van der Waals surface area contributed by atoms with E-state index in [0.717, 1.165) is 21.5 Å². The molecule has 2 aromatic carbocycles. The van der Waals surface area contributed by atoms with Crippen LogP contribution in [0.1, 0.15) is 18.9 Å². The SMILES string of the molecule is CCC(=O)Nc1ccc2oc(-c3ccc(OC)cc3O)c(SC)c2c1C. The minimum absolute atomic E-state index is 0.0327. The van der Waals surface area contributed by atoms with Crippen molar-refractivity contribution >= 4 is 34.3 Å². The van der Waals surface area contributed by atoms with Gasteiger partial charge in [0.2, 0.25) is 5.91 Å². The smallest absolute Gasteiger partial charge is 0.224 e. The molecule has 5 nitrogen and oxygen atoms in total. The number of nitrogens with one attached hydrogen (secondary N) is 1. The zero-order valence-electron chi connectivity index (χ0n) is 15.2. The number of phenols is 1. The molecule has 1 aromatic heterocycles. The van der Waals surface area contributed by atoms with Crippen molar-refractivity contribution in [1.82, 2.24) is 0 Å². The third-order valence-corrected chi connectivity index (χ3v) is 5.12. The van der Waals surface area contributed by atoms with E-state index in [9.17, 15) is 9.90 Å². The van der Waals surface area contributed by atoms with Crippen molar-refractivity contribution in [2.75, 3.05) is 18.7 Å². The second kappa shape index (κ2) is 7.33. The molecule has 2 N–H and O–H groups in total. The van der Waals surface area contributed by atoms with Crippen molar-refractivity contribution in [1.29, 1.82) is 0 Å². The van der Waals surface area contributed by atoms with E-state index in [1.54, 1.807) is 37.1 Å². The summed E-state index contributed by atoms with van der Waals surface area (Å²) in [5.74, 6) is 1.24. The van der Waals surface area contributed by atoms with E-state index in [2.05, 4.69) is 5.32 Å². The van der Waals surface area contributed by atoms with E-state index >= 15 is 0 Å². The molecule has 0 aliphatic carbocycles. The first kappa shape index (κ1) is 18.2. The fraction of sp³-hybridized carbons (Fsp3) is 0.250. The molecule has 1 amide bonds. The van der Waals surface area contributed by atoms with E-state index in [-0.39, 0.29) is 11.7 Å². The molecule has 0 radical (unpaired) electrons. The monoisotopic (exact) mass is 371 g/mol. The highest BCUT2D eigenvalue weighted by Crippen LogP contribution is 2.45. The highest BCUT2D eigenvalue weighted by atomic mass is 32.2. The van der Waals surface area contributed by atoms with Crippen molar-refractivity contribution in [2.45, 2.75) is 25.2 Å². The first-order valence-electron chi connectivity index (χ1n) is 8.27. The Morgan fingerprint density at radius 3 is 2.69 bits per heavy atom. The normalized spacial score (nSPS) is 10.9. The number of rotatable bonds is 5. The van der Waals surface area contributed by atoms with Crippen molar-refractivity contribution in [3.63, 3.8) is 0 Å². The number of furan rings is 1. The number of benzene rings is 2. The number of fused-ring (bicyclic) bond motifs is 1. The minimum atomic E-state index is -0.0327. The van der Waals surface area contributed by atoms with Gasteiger partial charge in [-0.3, -0.25) is 4.79 Å². The Bertz CT molecular complexity index is 978. The molecule has 0 bridgehead atoms. The molecule has 0 saturated heterocycles. The van der Waals surface area contributed by atoms with Gasteiger partial charge in [-0.25, -0.2) is 0 Å². The average molecular weight is 371 g/mol. The zero-order valence-corrected chi connectivity index (χ0v) is 16.0. The summed E-state index contributed by atoms with van der Waals surface area (Å²) in [7, 11) is 1.55. The van der Waals surface area contributed by atoms with Gasteiger partial charge in [0.15, 0.2) is 5.76 Å². The second-order valence-corrected chi connectivity index (χ2v) is 6.68. The third-order valence-electron chi connectivity index (χ3n) is 4.32. The molecular formula is C20H21NO4S. The number of carbonyl (C=O) groups excluding carboxylic acids is 1. The zero-order chi connectivity index (χ0) is 18.8. The molecule has 0 aliphatic heterocycles. The highest BCUT2D eigenvalue weighted by molar-refractivity contribution is 7.99. The Balaban J connectivity index is 2.19. The Labute approximate surface area is 156 Å². The molecule has 0 fully saturated rings. The van der Waals surface area contributed by atoms with E-state index in [4.69, 9.17) is 9.15 Å². The van der Waals surface area contributed by atoms with E-state index in [0.29, 0.717) is 29.1 Å². The Morgan fingerprint density at radius 1 is 1.31 bits per heavy atom. The standard InChI is InChI=1S/C20H21NO4S/c1-5-17(23)21-14-8-9-16-18(11(14)2)20(26-4)19(25-16)13-7-6-12(24-3)10-15(13)22/h6-10,22H,5H2,1-4H3,(H,21,23). The molecule has 0 aliphatic rings. The van der Waals surface area contributed by atoms with Crippen LogP contribution < -0.4 is 10.1 Å². The van der Waals surface area contributed by atoms with Gasteiger partial charge in [0.25, 0.3) is 0 Å². The summed E-state index contributed by atoms with van der Waals surface area (Å²) >= 11 is 1.54. The highest BCUT2D eigenvalue weighted by Gasteiger charge is 2.21. The molecule has 3 rings (SSSR count). The topological polar surface area (TPSA) is 71.7 Å². The van der Waals surface area contributed by atoms with Crippen molar-refractivity contribution < 1.29 is 19.1 Å². The number of aromatic hydroxyl groups is 1. The predicted molar refractivity (Wildman–Crippen MR) is 105 cm³/mol. The van der Waals surface area contributed by atoms with Crippen molar-refractivity contribution in [3.05, 3.63) is 35.9 Å². The first-order valence-corrected chi connectivity index (χ1v) is 9.49. The summed E-state index contributed by atoms with van der Waals surface area (Å²) < 4.78 is 11.2. The molecule has 1 heterocycles. The Morgan fingerprint density at radius 2 is 2.08 bits per heavy atom. The molecule has 26 heavy (non-hydrogen) atoms. The van der Waals surface area contributed by atoms with Crippen LogP contribution in [0, 0.1) is 6.92 Å². The van der Waals surface area contributed by atoms with Crippen LogP contribution in [-0.4, -0.2) is 24.4 Å². The van der Waals surface area contributed by atoms with Gasteiger partial charge in [-0.15, -0.1) is 11.8 Å². The number of hydrogen-bond acceptors (Lipinski definition) is 5. The average Bonchev–Trinajstić information content (AvgIpc) is 3.02. The predicted octanol–water partition coefficient (Wildman–Crippen LogP) is 5.19. The summed E-state index contributed by atoms with van der Waals surface area (Å²) in [6, 6.07) is 8.81. The largest absolute Gasteiger partial charge is 0.507 e. The molecule has 136 valence electrons. The van der Waals surface area contributed by atoms with Gasteiger partial charge in [0.1, 0.15) is 17.1 Å². The summed E-state index contributed by atoms with van der Waals surface area (Å²) in [5.41, 5.74) is 3.03. The van der Waals surface area contributed by atoms with Gasteiger partial charge in [-0.1, -0.05) is 6.92 Å². The summed E-state index contributed by atoms with van der Waals surface area (Å²) in [4.78, 5) is 12.7. The number of anilines is 1. The van der Waals surface area contributed by atoms with Gasteiger partial charge in [0, 0.05) is 23.6 Å². The first-order chi connectivity index (χ1) is 12.5. The minimum Gasteiger partial charge on any atom is -0.507 e. The van der Waals surface area contributed by atoms with Crippen LogP contribution in [0.5, 0.6) is 11.5 Å². The molecule has 0 saturated carbocycles. The quantitative estimate of drug-likeness (QED) is 0.604. The number of aryl methyl sites for hydroxylation is 1. The fourth-order valence-corrected chi connectivity index (χ4v) is 3.70. The number of thioether (sulfide) groups is 1. The summed E-state index contributed by atoms with van der Waals surface area (Å²) in [6.07, 6.45) is 2.38.